The van der Waals surface area contributed by atoms with Gasteiger partial charge in [-0.15, -0.1) is 0 Å². The molecule has 1 unspecified atom stereocenters. The number of imidazole rings is 1. The number of hydrogen-bond donors (Lipinski definition) is 1. The highest BCUT2D eigenvalue weighted by molar-refractivity contribution is 5.80. The number of amides is 1. The van der Waals surface area contributed by atoms with E-state index in [1.807, 2.05) is 61.5 Å². The van der Waals surface area contributed by atoms with Crippen molar-refractivity contribution in [2.45, 2.75) is 26.1 Å². The van der Waals surface area contributed by atoms with E-state index in [9.17, 15) is 9.59 Å². The minimum absolute atomic E-state index is 0.0163. The van der Waals surface area contributed by atoms with Gasteiger partial charge in [0.05, 0.1) is 17.1 Å². The number of fused-ring (bicyclic) bond motifs is 1. The van der Waals surface area contributed by atoms with Gasteiger partial charge in [0.25, 0.3) is 0 Å². The molecule has 0 saturated heterocycles. The van der Waals surface area contributed by atoms with Crippen LogP contribution in [0.2, 0.25) is 0 Å². The summed E-state index contributed by atoms with van der Waals surface area (Å²) in [5.41, 5.74) is 2.43. The van der Waals surface area contributed by atoms with E-state index >= 15 is 0 Å². The summed E-state index contributed by atoms with van der Waals surface area (Å²) in [5.74, 6) is -0.218. The second kappa shape index (κ2) is 8.01. The molecule has 136 valence electrons. The van der Waals surface area contributed by atoms with Gasteiger partial charge in [0.1, 0.15) is 6.54 Å². The first-order valence-electron chi connectivity index (χ1n) is 8.68. The minimum Gasteiger partial charge on any atom is -0.375 e. The largest absolute Gasteiger partial charge is 0.375 e. The summed E-state index contributed by atoms with van der Waals surface area (Å²) in [5, 5.41) is 2.87. The molecule has 6 nitrogen and oxygen atoms in total. The van der Waals surface area contributed by atoms with E-state index in [2.05, 4.69) is 5.32 Å². The number of aryl methyl sites for hydroxylation is 1. The van der Waals surface area contributed by atoms with Crippen LogP contribution in [0.15, 0.2) is 59.4 Å². The van der Waals surface area contributed by atoms with Crippen molar-refractivity contribution in [1.29, 1.82) is 0 Å². The summed E-state index contributed by atoms with van der Waals surface area (Å²) in [6.07, 6.45) is -0.228. The number of aromatic nitrogens is 2. The second-order valence-electron chi connectivity index (χ2n) is 6.04. The van der Waals surface area contributed by atoms with Gasteiger partial charge in [0, 0.05) is 20.2 Å². The molecule has 1 atom stereocenters. The lowest BCUT2D eigenvalue weighted by Gasteiger charge is -2.16. The number of ether oxygens (including phenoxy) is 1. The Bertz CT molecular complexity index is 944. The van der Waals surface area contributed by atoms with E-state index < -0.39 is 0 Å². The van der Waals surface area contributed by atoms with Crippen LogP contribution in [0.4, 0.5) is 0 Å². The van der Waals surface area contributed by atoms with Crippen LogP contribution in [0.3, 0.4) is 0 Å². The zero-order chi connectivity index (χ0) is 18.5. The van der Waals surface area contributed by atoms with Gasteiger partial charge in [-0.1, -0.05) is 42.5 Å². The van der Waals surface area contributed by atoms with Gasteiger partial charge in [0.2, 0.25) is 5.91 Å². The molecule has 1 heterocycles. The van der Waals surface area contributed by atoms with Crippen LogP contribution in [0.5, 0.6) is 0 Å². The van der Waals surface area contributed by atoms with Crippen molar-refractivity contribution in [2.75, 3.05) is 13.7 Å². The Morgan fingerprint density at radius 3 is 2.27 bits per heavy atom. The number of carbonyl (C=O) groups is 1. The van der Waals surface area contributed by atoms with Crippen LogP contribution in [0, 0.1) is 0 Å². The van der Waals surface area contributed by atoms with Gasteiger partial charge in [-0.05, 0) is 24.6 Å². The highest BCUT2D eigenvalue weighted by atomic mass is 16.5. The fourth-order valence-corrected chi connectivity index (χ4v) is 3.14. The van der Waals surface area contributed by atoms with Crippen LogP contribution < -0.4 is 11.0 Å². The van der Waals surface area contributed by atoms with Gasteiger partial charge in [0.15, 0.2) is 0 Å². The van der Waals surface area contributed by atoms with E-state index in [4.69, 9.17) is 4.74 Å². The molecule has 1 amide bonds. The Balaban J connectivity index is 1.74. The molecule has 2 aromatic carbocycles. The molecule has 0 bridgehead atoms. The molecule has 0 spiro atoms. The van der Waals surface area contributed by atoms with Crippen LogP contribution in [-0.4, -0.2) is 28.7 Å². The Hall–Kier alpha value is -2.86. The monoisotopic (exact) mass is 353 g/mol. The van der Waals surface area contributed by atoms with E-state index in [1.165, 1.54) is 4.57 Å². The molecule has 0 aliphatic heterocycles. The van der Waals surface area contributed by atoms with Crippen LogP contribution in [0.1, 0.15) is 18.6 Å². The first kappa shape index (κ1) is 17.9. The molecular weight excluding hydrogens is 330 g/mol. The van der Waals surface area contributed by atoms with Crippen LogP contribution >= 0.6 is 0 Å². The average molecular weight is 353 g/mol. The van der Waals surface area contributed by atoms with E-state index in [0.717, 1.165) is 16.6 Å². The number of rotatable bonds is 7. The van der Waals surface area contributed by atoms with Crippen molar-refractivity contribution in [3.63, 3.8) is 0 Å². The normalized spacial score (nSPS) is 12.2. The third kappa shape index (κ3) is 3.55. The van der Waals surface area contributed by atoms with Crippen molar-refractivity contribution >= 4 is 16.9 Å². The first-order chi connectivity index (χ1) is 12.7. The topological polar surface area (TPSA) is 65.3 Å². The smallest absolute Gasteiger partial charge is 0.329 e. The molecule has 0 aliphatic rings. The lowest BCUT2D eigenvalue weighted by atomic mass is 10.1. The summed E-state index contributed by atoms with van der Waals surface area (Å²) in [6, 6.07) is 17.2. The number of nitrogens with one attached hydrogen (secondary N) is 1. The Morgan fingerprint density at radius 2 is 1.65 bits per heavy atom. The summed E-state index contributed by atoms with van der Waals surface area (Å²) in [7, 11) is 1.61. The highest BCUT2D eigenvalue weighted by Crippen LogP contribution is 2.15. The minimum atomic E-state index is -0.228. The molecular formula is C20H23N3O3. The predicted octanol–water partition coefficient (Wildman–Crippen LogP) is 2.33. The van der Waals surface area contributed by atoms with Crippen LogP contribution in [0.25, 0.3) is 11.0 Å². The molecule has 3 aromatic rings. The third-order valence-electron chi connectivity index (χ3n) is 4.48. The lowest BCUT2D eigenvalue weighted by Crippen LogP contribution is -2.35. The quantitative estimate of drug-likeness (QED) is 0.709. The number of hydrogen-bond acceptors (Lipinski definition) is 3. The molecule has 0 radical (unpaired) electrons. The zero-order valence-corrected chi connectivity index (χ0v) is 15.0. The number of carbonyl (C=O) groups excluding carboxylic acids is 1. The lowest BCUT2D eigenvalue weighted by molar-refractivity contribution is -0.122. The van der Waals surface area contributed by atoms with E-state index in [0.29, 0.717) is 13.1 Å². The van der Waals surface area contributed by atoms with Gasteiger partial charge in [-0.3, -0.25) is 13.9 Å². The van der Waals surface area contributed by atoms with Crippen molar-refractivity contribution in [3.8, 4) is 0 Å². The summed E-state index contributed by atoms with van der Waals surface area (Å²) in [4.78, 5) is 25.0. The van der Waals surface area contributed by atoms with E-state index in [-0.39, 0.29) is 24.2 Å². The fourth-order valence-electron chi connectivity index (χ4n) is 3.14. The Labute approximate surface area is 152 Å². The van der Waals surface area contributed by atoms with Gasteiger partial charge >= 0.3 is 5.69 Å². The summed E-state index contributed by atoms with van der Waals surface area (Å²) < 4.78 is 8.65. The van der Waals surface area contributed by atoms with Gasteiger partial charge < -0.3 is 10.1 Å². The molecule has 6 heteroatoms. The first-order valence-corrected chi connectivity index (χ1v) is 8.68. The van der Waals surface area contributed by atoms with Crippen LogP contribution in [-0.2, 0) is 22.6 Å². The van der Waals surface area contributed by atoms with Crippen molar-refractivity contribution in [3.05, 3.63) is 70.6 Å². The number of methoxy groups -OCH3 is 1. The Kier molecular flexibility index (Phi) is 5.53. The SMILES string of the molecule is CCn1c(=O)n(CC(=O)NCC(OC)c2ccccc2)c2ccccc21. The molecule has 1 aromatic heterocycles. The van der Waals surface area contributed by atoms with Gasteiger partial charge in [-0.2, -0.15) is 0 Å². The molecule has 26 heavy (non-hydrogen) atoms. The maximum absolute atomic E-state index is 12.6. The maximum Gasteiger partial charge on any atom is 0.329 e. The average Bonchev–Trinajstić information content (AvgIpc) is 2.94. The number of nitrogens with zero attached hydrogens (tertiary/aromatic N) is 2. The second-order valence-corrected chi connectivity index (χ2v) is 6.04. The maximum atomic E-state index is 12.6. The standard InChI is InChI=1S/C20H23N3O3/c1-3-22-16-11-7-8-12-17(16)23(20(22)25)14-19(24)21-13-18(26-2)15-9-5-4-6-10-15/h4-12,18H,3,13-14H2,1-2H3,(H,21,24). The molecule has 3 rings (SSSR count). The molecule has 0 fully saturated rings. The third-order valence-corrected chi connectivity index (χ3v) is 4.48. The van der Waals surface area contributed by atoms with Crippen molar-refractivity contribution < 1.29 is 9.53 Å². The Morgan fingerprint density at radius 1 is 1.04 bits per heavy atom. The number of benzene rings is 2. The summed E-state index contributed by atoms with van der Waals surface area (Å²) in [6.45, 7) is 2.81. The fraction of sp³-hybridized carbons (Fsp3) is 0.300. The predicted molar refractivity (Wildman–Crippen MR) is 101 cm³/mol. The van der Waals surface area contributed by atoms with Crippen molar-refractivity contribution in [2.24, 2.45) is 0 Å². The molecule has 0 aliphatic carbocycles. The van der Waals surface area contributed by atoms with E-state index in [1.54, 1.807) is 11.7 Å². The molecule has 1 N–H and O–H groups in total. The highest BCUT2D eigenvalue weighted by Gasteiger charge is 2.16. The van der Waals surface area contributed by atoms with Crippen molar-refractivity contribution in [1.82, 2.24) is 14.5 Å². The van der Waals surface area contributed by atoms with Gasteiger partial charge in [-0.25, -0.2) is 4.79 Å². The zero-order valence-electron chi connectivity index (χ0n) is 15.0. The molecule has 0 saturated carbocycles. The number of para-hydroxylation sites is 2. The summed E-state index contributed by atoms with van der Waals surface area (Å²) >= 11 is 0.